The fraction of sp³-hybridized carbons (Fsp3) is 0.429. The molecule has 1 aromatic rings. The highest BCUT2D eigenvalue weighted by molar-refractivity contribution is 7.90. The molecule has 0 aromatic heterocycles. The molecule has 0 aliphatic rings. The fourth-order valence-electron chi connectivity index (χ4n) is 1.91. The van der Waals surface area contributed by atoms with Gasteiger partial charge in [0.1, 0.15) is 0 Å². The minimum Gasteiger partial charge on any atom is -0.480 e. The van der Waals surface area contributed by atoms with Crippen LogP contribution in [0.1, 0.15) is 13.3 Å². The molecule has 2 N–H and O–H groups in total. The van der Waals surface area contributed by atoms with Gasteiger partial charge in [0.05, 0.1) is 18.0 Å². The predicted molar refractivity (Wildman–Crippen MR) is 89.8 cm³/mol. The van der Waals surface area contributed by atoms with Gasteiger partial charge in [-0.3, -0.25) is 14.5 Å². The number of aliphatic carboxylic acids is 1. The second-order valence-corrected chi connectivity index (χ2v) is 6.96. The predicted octanol–water partition coefficient (Wildman–Crippen LogP) is 1.25. The molecule has 23 heavy (non-hydrogen) atoms. The number of carbonyl (C=O) groups is 2. The van der Waals surface area contributed by atoms with Crippen molar-refractivity contribution in [2.24, 2.45) is 0 Å². The van der Waals surface area contributed by atoms with Gasteiger partial charge >= 0.3 is 5.97 Å². The monoisotopic (exact) mass is 364 g/mol. The minimum atomic E-state index is -3.27. The Hall–Kier alpha value is -1.64. The van der Waals surface area contributed by atoms with Crippen LogP contribution < -0.4 is 5.32 Å². The van der Waals surface area contributed by atoms with Gasteiger partial charge in [-0.1, -0.05) is 6.92 Å². The molecule has 1 aromatic carbocycles. The summed E-state index contributed by atoms with van der Waals surface area (Å²) in [7, 11) is -3.27. The van der Waals surface area contributed by atoms with Crippen molar-refractivity contribution in [3.05, 3.63) is 24.3 Å². The van der Waals surface area contributed by atoms with Gasteiger partial charge < -0.3 is 10.4 Å². The van der Waals surface area contributed by atoms with Gasteiger partial charge in [-0.05, 0) is 37.2 Å². The van der Waals surface area contributed by atoms with E-state index in [0.717, 1.165) is 12.7 Å². The highest BCUT2D eigenvalue weighted by Gasteiger charge is 2.13. The van der Waals surface area contributed by atoms with Crippen LogP contribution in [0.3, 0.4) is 0 Å². The van der Waals surface area contributed by atoms with Crippen molar-refractivity contribution in [3.63, 3.8) is 0 Å². The molecule has 0 spiro atoms. The first-order valence-corrected chi connectivity index (χ1v) is 8.65. The van der Waals surface area contributed by atoms with Crippen LogP contribution in [0, 0.1) is 0 Å². The normalized spacial score (nSPS) is 10.9. The van der Waals surface area contributed by atoms with Crippen LogP contribution in [0.2, 0.25) is 0 Å². The largest absolute Gasteiger partial charge is 0.480 e. The Kier molecular flexibility index (Phi) is 8.81. The summed E-state index contributed by atoms with van der Waals surface area (Å²) in [5.74, 6) is -1.33. The van der Waals surface area contributed by atoms with Crippen LogP contribution >= 0.6 is 12.4 Å². The first kappa shape index (κ1) is 21.4. The topological polar surface area (TPSA) is 104 Å². The van der Waals surface area contributed by atoms with Crippen LogP contribution in [-0.2, 0) is 19.4 Å². The van der Waals surface area contributed by atoms with Gasteiger partial charge in [0.15, 0.2) is 9.84 Å². The Labute approximate surface area is 142 Å². The lowest BCUT2D eigenvalue weighted by atomic mass is 10.3. The van der Waals surface area contributed by atoms with Crippen molar-refractivity contribution in [1.82, 2.24) is 4.90 Å². The van der Waals surface area contributed by atoms with Gasteiger partial charge in [-0.25, -0.2) is 8.42 Å². The summed E-state index contributed by atoms with van der Waals surface area (Å²) in [5, 5.41) is 11.4. The van der Waals surface area contributed by atoms with Crippen molar-refractivity contribution in [1.29, 1.82) is 0 Å². The van der Waals surface area contributed by atoms with Crippen molar-refractivity contribution >= 4 is 39.8 Å². The molecule has 0 atom stereocenters. The number of nitrogens with one attached hydrogen (secondary N) is 1. The lowest BCUT2D eigenvalue weighted by Gasteiger charge is -2.18. The molecule has 0 saturated heterocycles. The number of rotatable bonds is 8. The summed E-state index contributed by atoms with van der Waals surface area (Å²) in [6.07, 6.45) is 1.85. The molecule has 0 saturated carbocycles. The van der Waals surface area contributed by atoms with Crippen molar-refractivity contribution < 1.29 is 23.1 Å². The fourth-order valence-corrected chi connectivity index (χ4v) is 2.54. The molecule has 0 aliphatic carbocycles. The third kappa shape index (κ3) is 7.96. The Morgan fingerprint density at radius 3 is 2.17 bits per heavy atom. The Morgan fingerprint density at radius 1 is 1.17 bits per heavy atom. The van der Waals surface area contributed by atoms with E-state index in [1.807, 2.05) is 6.92 Å². The molecule has 1 amide bonds. The van der Waals surface area contributed by atoms with E-state index < -0.39 is 15.8 Å². The summed E-state index contributed by atoms with van der Waals surface area (Å²) in [5.41, 5.74) is 0.462. The molecule has 0 heterocycles. The van der Waals surface area contributed by atoms with Gasteiger partial charge in [0.25, 0.3) is 0 Å². The first-order chi connectivity index (χ1) is 10.2. The van der Waals surface area contributed by atoms with Crippen LogP contribution in [-0.4, -0.2) is 56.2 Å². The molecular weight excluding hydrogens is 344 g/mol. The number of halogens is 1. The molecule has 7 nitrogen and oxygen atoms in total. The number of nitrogens with zero attached hydrogens (tertiary/aromatic N) is 1. The van der Waals surface area contributed by atoms with Crippen LogP contribution in [0.25, 0.3) is 0 Å². The van der Waals surface area contributed by atoms with E-state index in [4.69, 9.17) is 5.11 Å². The zero-order valence-corrected chi connectivity index (χ0v) is 14.6. The molecular formula is C14H21ClN2O5S. The first-order valence-electron chi connectivity index (χ1n) is 6.76. The molecule has 9 heteroatoms. The van der Waals surface area contributed by atoms with Crippen molar-refractivity contribution in [2.75, 3.05) is 31.2 Å². The Morgan fingerprint density at radius 2 is 1.74 bits per heavy atom. The van der Waals surface area contributed by atoms with E-state index in [-0.39, 0.29) is 36.3 Å². The molecule has 0 unspecified atom stereocenters. The van der Waals surface area contributed by atoms with Crippen molar-refractivity contribution in [2.45, 2.75) is 18.2 Å². The van der Waals surface area contributed by atoms with E-state index in [9.17, 15) is 18.0 Å². The van der Waals surface area contributed by atoms with Gasteiger partial charge in [0, 0.05) is 11.9 Å². The highest BCUT2D eigenvalue weighted by Crippen LogP contribution is 2.13. The minimum absolute atomic E-state index is 0. The molecule has 1 rings (SSSR count). The van der Waals surface area contributed by atoms with E-state index >= 15 is 0 Å². The molecule has 0 fully saturated rings. The quantitative estimate of drug-likeness (QED) is 0.719. The zero-order chi connectivity index (χ0) is 16.8. The van der Waals surface area contributed by atoms with Gasteiger partial charge in [-0.2, -0.15) is 0 Å². The number of hydrogen-bond acceptors (Lipinski definition) is 5. The second kappa shape index (κ2) is 9.49. The number of hydrogen-bond donors (Lipinski definition) is 2. The molecule has 0 radical (unpaired) electrons. The number of amides is 1. The second-order valence-electron chi connectivity index (χ2n) is 4.95. The molecule has 0 aliphatic heterocycles. The van der Waals surface area contributed by atoms with Gasteiger partial charge in [-0.15, -0.1) is 12.4 Å². The Bertz CT molecular complexity index is 631. The molecule has 0 bridgehead atoms. The summed E-state index contributed by atoms with van der Waals surface area (Å²) >= 11 is 0. The van der Waals surface area contributed by atoms with E-state index in [1.54, 1.807) is 0 Å². The van der Waals surface area contributed by atoms with E-state index in [1.165, 1.54) is 29.2 Å². The molecule has 130 valence electrons. The number of carboxylic acids is 1. The van der Waals surface area contributed by atoms with E-state index in [2.05, 4.69) is 5.32 Å². The summed E-state index contributed by atoms with van der Waals surface area (Å²) < 4.78 is 22.7. The maximum absolute atomic E-state index is 11.9. The SMILES string of the molecule is CCCN(CC(=O)O)CC(=O)Nc1ccc(S(C)(=O)=O)cc1.Cl. The van der Waals surface area contributed by atoms with Crippen LogP contribution in [0.5, 0.6) is 0 Å². The van der Waals surface area contributed by atoms with Crippen LogP contribution in [0.4, 0.5) is 5.69 Å². The number of sulfone groups is 1. The third-order valence-corrected chi connectivity index (χ3v) is 3.96. The van der Waals surface area contributed by atoms with E-state index in [0.29, 0.717) is 12.2 Å². The maximum atomic E-state index is 11.9. The summed E-state index contributed by atoms with van der Waals surface area (Å²) in [6, 6.07) is 5.81. The lowest BCUT2D eigenvalue weighted by Crippen LogP contribution is -2.37. The third-order valence-electron chi connectivity index (χ3n) is 2.83. The summed E-state index contributed by atoms with van der Waals surface area (Å²) in [4.78, 5) is 24.3. The number of carboxylic acid groups (broad SMARTS) is 1. The number of anilines is 1. The average molecular weight is 365 g/mol. The highest BCUT2D eigenvalue weighted by atomic mass is 35.5. The Balaban J connectivity index is 0.00000484. The van der Waals surface area contributed by atoms with Gasteiger partial charge in [0.2, 0.25) is 5.91 Å². The smallest absolute Gasteiger partial charge is 0.317 e. The summed E-state index contributed by atoms with van der Waals surface area (Å²) in [6.45, 7) is 2.17. The standard InChI is InChI=1S/C14H20N2O5S.ClH/c1-3-8-16(10-14(18)19)9-13(17)15-11-4-6-12(7-5-11)22(2,20)21;/h4-7H,3,8-10H2,1-2H3,(H,15,17)(H,18,19);1H. The number of carbonyl (C=O) groups excluding carboxylic acids is 1. The zero-order valence-electron chi connectivity index (χ0n) is 13.0. The maximum Gasteiger partial charge on any atom is 0.317 e. The average Bonchev–Trinajstić information content (AvgIpc) is 2.37. The van der Waals surface area contributed by atoms with Crippen LogP contribution in [0.15, 0.2) is 29.2 Å². The number of benzene rings is 1. The van der Waals surface area contributed by atoms with Crippen molar-refractivity contribution in [3.8, 4) is 0 Å². The lowest BCUT2D eigenvalue weighted by molar-refractivity contribution is -0.138.